The Bertz CT molecular complexity index is 585. The van der Waals surface area contributed by atoms with Crippen LogP contribution in [0, 0.1) is 11.8 Å². The predicted molar refractivity (Wildman–Crippen MR) is 77.2 cm³/mol. The summed E-state index contributed by atoms with van der Waals surface area (Å²) >= 11 is 0. The predicted octanol–water partition coefficient (Wildman–Crippen LogP) is 1.88. The number of ether oxygens (including phenoxy) is 1. The van der Waals surface area contributed by atoms with Crippen LogP contribution in [0.1, 0.15) is 32.3 Å². The highest BCUT2D eigenvalue weighted by atomic mass is 16.5. The maximum Gasteiger partial charge on any atom is 0.231 e. The Hall–Kier alpha value is -1.39. The summed E-state index contributed by atoms with van der Waals surface area (Å²) in [5.41, 5.74) is -0.906. The maximum absolute atomic E-state index is 12.8. The minimum Gasteiger partial charge on any atom is -0.369 e. The van der Waals surface area contributed by atoms with Gasteiger partial charge in [-0.15, -0.1) is 0 Å². The van der Waals surface area contributed by atoms with Crippen LogP contribution in [-0.2, 0) is 15.3 Å². The van der Waals surface area contributed by atoms with E-state index in [2.05, 4.69) is 6.92 Å². The van der Waals surface area contributed by atoms with Gasteiger partial charge in [-0.3, -0.25) is 4.79 Å². The standard InChI is InChI=1S/C17H21NO3/c1-11-8-13-9-14-15(19)18(10-17(11,14)21-13)16(2,20)12-6-4-3-5-7-12/h3-7,11,13-14,20H,8-10H2,1-2H3/t11-,13-,14+,16?,17+/m0/s1. The molecule has 0 radical (unpaired) electrons. The Kier molecular flexibility index (Phi) is 2.58. The average molecular weight is 287 g/mol. The molecule has 0 saturated carbocycles. The summed E-state index contributed by atoms with van der Waals surface area (Å²) in [5.74, 6) is 0.334. The number of fused-ring (bicyclic) bond motifs is 1. The molecule has 1 unspecified atom stereocenters. The summed E-state index contributed by atoms with van der Waals surface area (Å²) in [5, 5.41) is 11.0. The number of aliphatic hydroxyl groups is 1. The van der Waals surface area contributed by atoms with Crippen LogP contribution in [0.2, 0.25) is 0 Å². The fourth-order valence-electron chi connectivity index (χ4n) is 4.51. The third-order valence-corrected chi connectivity index (χ3v) is 5.74. The van der Waals surface area contributed by atoms with E-state index < -0.39 is 5.72 Å². The van der Waals surface area contributed by atoms with Gasteiger partial charge in [0, 0.05) is 5.56 Å². The minimum atomic E-state index is -1.28. The van der Waals surface area contributed by atoms with E-state index in [4.69, 9.17) is 4.74 Å². The monoisotopic (exact) mass is 287 g/mol. The first-order valence-electron chi connectivity index (χ1n) is 7.72. The zero-order valence-electron chi connectivity index (χ0n) is 12.5. The van der Waals surface area contributed by atoms with Crippen molar-refractivity contribution in [3.8, 4) is 0 Å². The molecule has 1 spiro atoms. The van der Waals surface area contributed by atoms with Gasteiger partial charge in [0.25, 0.3) is 0 Å². The van der Waals surface area contributed by atoms with Crippen LogP contribution in [-0.4, -0.2) is 34.2 Å². The maximum atomic E-state index is 12.8. The molecule has 0 aliphatic carbocycles. The Morgan fingerprint density at radius 1 is 1.33 bits per heavy atom. The summed E-state index contributed by atoms with van der Waals surface area (Å²) in [7, 11) is 0. The van der Waals surface area contributed by atoms with E-state index in [1.165, 1.54) is 0 Å². The normalized spacial score (nSPS) is 40.4. The smallest absolute Gasteiger partial charge is 0.231 e. The van der Waals surface area contributed by atoms with E-state index in [1.54, 1.807) is 11.8 Å². The van der Waals surface area contributed by atoms with Gasteiger partial charge >= 0.3 is 0 Å². The van der Waals surface area contributed by atoms with Gasteiger partial charge in [-0.1, -0.05) is 37.3 Å². The van der Waals surface area contributed by atoms with Crippen LogP contribution < -0.4 is 0 Å². The fourth-order valence-corrected chi connectivity index (χ4v) is 4.51. The van der Waals surface area contributed by atoms with Crippen molar-refractivity contribution in [2.75, 3.05) is 6.54 Å². The van der Waals surface area contributed by atoms with E-state index >= 15 is 0 Å². The molecule has 4 heteroatoms. The first-order chi connectivity index (χ1) is 9.95. The topological polar surface area (TPSA) is 49.8 Å². The Morgan fingerprint density at radius 3 is 2.67 bits per heavy atom. The largest absolute Gasteiger partial charge is 0.369 e. The molecule has 3 aliphatic heterocycles. The number of amides is 1. The third-order valence-electron chi connectivity index (χ3n) is 5.74. The summed E-state index contributed by atoms with van der Waals surface area (Å²) in [6.45, 7) is 4.37. The second kappa shape index (κ2) is 4.08. The number of benzene rings is 1. The van der Waals surface area contributed by atoms with Crippen molar-refractivity contribution in [3.05, 3.63) is 35.9 Å². The molecule has 1 aromatic rings. The lowest BCUT2D eigenvalue weighted by molar-refractivity contribution is -0.156. The molecule has 5 atom stereocenters. The molecular formula is C17H21NO3. The van der Waals surface area contributed by atoms with Crippen LogP contribution >= 0.6 is 0 Å². The minimum absolute atomic E-state index is 0.0397. The first kappa shape index (κ1) is 13.3. The van der Waals surface area contributed by atoms with Crippen molar-refractivity contribution in [2.45, 2.75) is 44.1 Å². The highest BCUT2D eigenvalue weighted by molar-refractivity contribution is 5.84. The summed E-state index contributed by atoms with van der Waals surface area (Å²) < 4.78 is 6.15. The summed E-state index contributed by atoms with van der Waals surface area (Å²) in [6.07, 6.45) is 2.08. The molecule has 21 heavy (non-hydrogen) atoms. The molecule has 4 rings (SSSR count). The number of carbonyl (C=O) groups is 1. The average Bonchev–Trinajstić information content (AvgIpc) is 3.07. The molecule has 1 N–H and O–H groups in total. The van der Waals surface area contributed by atoms with Crippen molar-refractivity contribution < 1.29 is 14.6 Å². The second-order valence-corrected chi connectivity index (χ2v) is 6.93. The van der Waals surface area contributed by atoms with Gasteiger partial charge < -0.3 is 14.7 Å². The molecule has 4 nitrogen and oxygen atoms in total. The van der Waals surface area contributed by atoms with Gasteiger partial charge in [0.15, 0.2) is 5.72 Å². The highest BCUT2D eigenvalue weighted by Crippen LogP contribution is 2.56. The SMILES string of the molecule is C[C@H]1C[C@H]2C[C@@H]3C(=O)N(C(C)(O)c4ccccc4)C[C@]31O2. The lowest BCUT2D eigenvalue weighted by Gasteiger charge is -2.36. The third kappa shape index (κ3) is 1.60. The molecule has 0 aromatic heterocycles. The van der Waals surface area contributed by atoms with Gasteiger partial charge in [0.1, 0.15) is 5.60 Å². The summed E-state index contributed by atoms with van der Waals surface area (Å²) in [4.78, 5) is 14.4. The molecule has 1 amide bonds. The van der Waals surface area contributed by atoms with Crippen LogP contribution in [0.3, 0.4) is 0 Å². The molecule has 1 aromatic carbocycles. The summed E-state index contributed by atoms with van der Waals surface area (Å²) in [6, 6.07) is 9.40. The first-order valence-corrected chi connectivity index (χ1v) is 7.72. The Balaban J connectivity index is 1.70. The lowest BCUT2D eigenvalue weighted by Crippen LogP contribution is -2.47. The van der Waals surface area contributed by atoms with Gasteiger partial charge in [-0.05, 0) is 25.7 Å². The zero-order chi connectivity index (χ0) is 14.8. The Labute approximate surface area is 124 Å². The lowest BCUT2D eigenvalue weighted by atomic mass is 9.74. The van der Waals surface area contributed by atoms with Crippen molar-refractivity contribution in [2.24, 2.45) is 11.8 Å². The molecule has 3 aliphatic rings. The fraction of sp³-hybridized carbons (Fsp3) is 0.588. The van der Waals surface area contributed by atoms with E-state index in [0.717, 1.165) is 18.4 Å². The number of rotatable bonds is 2. The molecule has 3 saturated heterocycles. The van der Waals surface area contributed by atoms with Gasteiger partial charge in [0.05, 0.1) is 18.6 Å². The number of hydrogen-bond acceptors (Lipinski definition) is 3. The van der Waals surface area contributed by atoms with Crippen LogP contribution in [0.15, 0.2) is 30.3 Å². The molecule has 3 heterocycles. The number of carbonyl (C=O) groups excluding carboxylic acids is 1. The van der Waals surface area contributed by atoms with Crippen molar-refractivity contribution in [3.63, 3.8) is 0 Å². The van der Waals surface area contributed by atoms with Crippen molar-refractivity contribution in [1.29, 1.82) is 0 Å². The van der Waals surface area contributed by atoms with Gasteiger partial charge in [-0.2, -0.15) is 0 Å². The molecule has 2 bridgehead atoms. The van der Waals surface area contributed by atoms with Gasteiger partial charge in [-0.25, -0.2) is 0 Å². The van der Waals surface area contributed by atoms with Crippen LogP contribution in [0.5, 0.6) is 0 Å². The Morgan fingerprint density at radius 2 is 2.05 bits per heavy atom. The molecule has 3 fully saturated rings. The number of nitrogens with zero attached hydrogens (tertiary/aromatic N) is 1. The van der Waals surface area contributed by atoms with Crippen LogP contribution in [0.25, 0.3) is 0 Å². The van der Waals surface area contributed by atoms with Crippen molar-refractivity contribution in [1.82, 2.24) is 4.90 Å². The van der Waals surface area contributed by atoms with E-state index in [-0.39, 0.29) is 23.5 Å². The van der Waals surface area contributed by atoms with Crippen molar-refractivity contribution >= 4 is 5.91 Å². The molecule has 112 valence electrons. The number of hydrogen-bond donors (Lipinski definition) is 1. The quantitative estimate of drug-likeness (QED) is 0.903. The van der Waals surface area contributed by atoms with E-state index in [9.17, 15) is 9.90 Å². The highest BCUT2D eigenvalue weighted by Gasteiger charge is 2.67. The van der Waals surface area contributed by atoms with E-state index in [0.29, 0.717) is 12.5 Å². The van der Waals surface area contributed by atoms with E-state index in [1.807, 2.05) is 30.3 Å². The zero-order valence-corrected chi connectivity index (χ0v) is 12.5. The second-order valence-electron chi connectivity index (χ2n) is 6.93. The molecular weight excluding hydrogens is 266 g/mol. The number of likely N-dealkylation sites (tertiary alicyclic amines) is 1. The van der Waals surface area contributed by atoms with Crippen LogP contribution in [0.4, 0.5) is 0 Å². The van der Waals surface area contributed by atoms with Gasteiger partial charge in [0.2, 0.25) is 5.91 Å².